The Kier molecular flexibility index (Phi) is 5.17. The number of carbonyl (C=O) groups excluding carboxylic acids is 1. The fourth-order valence-electron chi connectivity index (χ4n) is 2.14. The molecule has 0 radical (unpaired) electrons. The number of carbonyl (C=O) groups is 2. The van der Waals surface area contributed by atoms with Gasteiger partial charge in [-0.15, -0.1) is 0 Å². The number of carboxylic acid groups (broad SMARTS) is 1. The maximum atomic E-state index is 12.2. The molecule has 0 unspecified atom stereocenters. The van der Waals surface area contributed by atoms with Gasteiger partial charge in [0, 0.05) is 6.42 Å². The van der Waals surface area contributed by atoms with Gasteiger partial charge in [0.25, 0.3) is 5.91 Å². The molecular formula is C17H16ClNO3. The van der Waals surface area contributed by atoms with Gasteiger partial charge in [-0.25, -0.2) is 4.79 Å². The van der Waals surface area contributed by atoms with Crippen LogP contribution >= 0.6 is 11.6 Å². The minimum atomic E-state index is -1.08. The number of aliphatic carboxylic acids is 1. The molecule has 2 rings (SSSR count). The molecule has 0 bridgehead atoms. The molecule has 2 N–H and O–H groups in total. The molecule has 1 amide bonds. The Labute approximate surface area is 133 Å². The Bertz CT molecular complexity index is 700. The predicted molar refractivity (Wildman–Crippen MR) is 85.2 cm³/mol. The minimum Gasteiger partial charge on any atom is -0.480 e. The molecule has 0 spiro atoms. The molecular weight excluding hydrogens is 302 g/mol. The van der Waals surface area contributed by atoms with Crippen molar-refractivity contribution >= 4 is 23.5 Å². The van der Waals surface area contributed by atoms with Crippen molar-refractivity contribution in [3.8, 4) is 0 Å². The van der Waals surface area contributed by atoms with Crippen LogP contribution in [0.2, 0.25) is 5.02 Å². The fourth-order valence-corrected chi connectivity index (χ4v) is 2.36. The summed E-state index contributed by atoms with van der Waals surface area (Å²) >= 11 is 5.96. The van der Waals surface area contributed by atoms with Crippen molar-refractivity contribution in [2.75, 3.05) is 0 Å². The molecule has 1 atom stereocenters. The van der Waals surface area contributed by atoms with Gasteiger partial charge in [0.1, 0.15) is 6.04 Å². The highest BCUT2D eigenvalue weighted by atomic mass is 35.5. The third-order valence-electron chi connectivity index (χ3n) is 3.41. The molecule has 0 aliphatic heterocycles. The number of aryl methyl sites for hydroxylation is 1. The lowest BCUT2D eigenvalue weighted by atomic mass is 10.0. The van der Waals surface area contributed by atoms with E-state index in [0.29, 0.717) is 5.02 Å². The van der Waals surface area contributed by atoms with Crippen molar-refractivity contribution in [3.63, 3.8) is 0 Å². The highest BCUT2D eigenvalue weighted by Gasteiger charge is 2.22. The van der Waals surface area contributed by atoms with Crippen molar-refractivity contribution in [3.05, 3.63) is 70.2 Å². The Balaban J connectivity index is 2.16. The zero-order valence-electron chi connectivity index (χ0n) is 12.0. The van der Waals surface area contributed by atoms with Crippen LogP contribution in [0.1, 0.15) is 21.5 Å². The van der Waals surface area contributed by atoms with Gasteiger partial charge in [-0.05, 0) is 30.2 Å². The largest absolute Gasteiger partial charge is 0.480 e. The number of carboxylic acids is 1. The lowest BCUT2D eigenvalue weighted by Gasteiger charge is -2.16. The van der Waals surface area contributed by atoms with E-state index in [1.165, 1.54) is 0 Å². The number of hydrogen-bond donors (Lipinski definition) is 2. The van der Waals surface area contributed by atoms with Gasteiger partial charge in [-0.3, -0.25) is 4.79 Å². The summed E-state index contributed by atoms with van der Waals surface area (Å²) in [5.74, 6) is -1.57. The first-order valence-corrected chi connectivity index (χ1v) is 7.19. The third kappa shape index (κ3) is 3.86. The first-order chi connectivity index (χ1) is 10.5. The van der Waals surface area contributed by atoms with Crippen molar-refractivity contribution in [1.82, 2.24) is 5.32 Å². The van der Waals surface area contributed by atoms with Gasteiger partial charge in [-0.2, -0.15) is 0 Å². The number of amides is 1. The summed E-state index contributed by atoms with van der Waals surface area (Å²) < 4.78 is 0. The Morgan fingerprint density at radius 1 is 1.14 bits per heavy atom. The molecule has 0 aromatic heterocycles. The fraction of sp³-hybridized carbons (Fsp3) is 0.176. The van der Waals surface area contributed by atoms with Crippen molar-refractivity contribution in [2.24, 2.45) is 0 Å². The minimum absolute atomic E-state index is 0.220. The van der Waals surface area contributed by atoms with Crippen LogP contribution in [0.4, 0.5) is 0 Å². The smallest absolute Gasteiger partial charge is 0.326 e. The van der Waals surface area contributed by atoms with E-state index in [4.69, 9.17) is 11.6 Å². The van der Waals surface area contributed by atoms with Crippen LogP contribution < -0.4 is 5.32 Å². The normalized spacial score (nSPS) is 11.7. The Morgan fingerprint density at radius 2 is 1.77 bits per heavy atom. The predicted octanol–water partition coefficient (Wildman–Crippen LogP) is 3.07. The molecule has 0 aliphatic carbocycles. The van der Waals surface area contributed by atoms with Crippen LogP contribution in [0.5, 0.6) is 0 Å². The third-order valence-corrected chi connectivity index (χ3v) is 3.74. The van der Waals surface area contributed by atoms with Crippen molar-refractivity contribution in [2.45, 2.75) is 19.4 Å². The number of benzene rings is 2. The van der Waals surface area contributed by atoms with E-state index < -0.39 is 17.9 Å². The molecule has 0 aliphatic rings. The second-order valence-corrected chi connectivity index (χ2v) is 5.38. The second-order valence-electron chi connectivity index (χ2n) is 4.97. The van der Waals surface area contributed by atoms with Crippen LogP contribution in [0.15, 0.2) is 48.5 Å². The van der Waals surface area contributed by atoms with Crippen LogP contribution in [-0.2, 0) is 11.2 Å². The lowest BCUT2D eigenvalue weighted by Crippen LogP contribution is -2.42. The van der Waals surface area contributed by atoms with Crippen molar-refractivity contribution < 1.29 is 14.7 Å². The summed E-state index contributed by atoms with van der Waals surface area (Å²) in [7, 11) is 0. The van der Waals surface area contributed by atoms with Gasteiger partial charge in [0.2, 0.25) is 0 Å². The van der Waals surface area contributed by atoms with Gasteiger partial charge >= 0.3 is 5.97 Å². The van der Waals surface area contributed by atoms with E-state index in [0.717, 1.165) is 11.1 Å². The summed E-state index contributed by atoms with van der Waals surface area (Å²) in [6.07, 6.45) is 0.220. The van der Waals surface area contributed by atoms with Gasteiger partial charge < -0.3 is 10.4 Å². The van der Waals surface area contributed by atoms with E-state index >= 15 is 0 Å². The van der Waals surface area contributed by atoms with Gasteiger partial charge in [-0.1, -0.05) is 48.0 Å². The molecule has 0 fully saturated rings. The molecule has 114 valence electrons. The zero-order valence-corrected chi connectivity index (χ0v) is 12.8. The maximum absolute atomic E-state index is 12.2. The average Bonchev–Trinajstić information content (AvgIpc) is 2.49. The van der Waals surface area contributed by atoms with Crippen molar-refractivity contribution in [1.29, 1.82) is 0 Å². The molecule has 0 saturated carbocycles. The van der Waals surface area contributed by atoms with E-state index in [1.54, 1.807) is 24.3 Å². The average molecular weight is 318 g/mol. The van der Waals surface area contributed by atoms with E-state index in [2.05, 4.69) is 5.32 Å². The zero-order chi connectivity index (χ0) is 16.1. The maximum Gasteiger partial charge on any atom is 0.326 e. The number of hydrogen-bond acceptors (Lipinski definition) is 2. The highest BCUT2D eigenvalue weighted by Crippen LogP contribution is 2.16. The number of halogens is 1. The summed E-state index contributed by atoms with van der Waals surface area (Å²) in [6, 6.07) is 13.0. The second kappa shape index (κ2) is 7.09. The van der Waals surface area contributed by atoms with E-state index in [-0.39, 0.29) is 12.0 Å². The summed E-state index contributed by atoms with van der Waals surface area (Å²) in [5, 5.41) is 12.2. The molecule has 2 aromatic rings. The van der Waals surface area contributed by atoms with E-state index in [9.17, 15) is 14.7 Å². The summed E-state index contributed by atoms with van der Waals surface area (Å²) in [4.78, 5) is 23.6. The monoisotopic (exact) mass is 317 g/mol. The Morgan fingerprint density at radius 3 is 2.41 bits per heavy atom. The van der Waals surface area contributed by atoms with Gasteiger partial charge in [0.15, 0.2) is 0 Å². The summed E-state index contributed by atoms with van der Waals surface area (Å²) in [6.45, 7) is 1.91. The quantitative estimate of drug-likeness (QED) is 0.890. The first-order valence-electron chi connectivity index (χ1n) is 6.81. The molecule has 5 heteroatoms. The van der Waals surface area contributed by atoms with Crippen LogP contribution in [0, 0.1) is 6.92 Å². The molecule has 0 saturated heterocycles. The lowest BCUT2D eigenvalue weighted by molar-refractivity contribution is -0.139. The first kappa shape index (κ1) is 16.0. The standard InChI is InChI=1S/C17H16ClNO3/c1-11-6-2-3-7-12(11)10-15(17(21)22)19-16(20)13-8-4-5-9-14(13)18/h2-9,15H,10H2,1H3,(H,19,20)(H,21,22)/t15-/m1/s1. The molecule has 0 heterocycles. The van der Waals surface area contributed by atoms with Crippen LogP contribution in [0.25, 0.3) is 0 Å². The topological polar surface area (TPSA) is 66.4 Å². The highest BCUT2D eigenvalue weighted by molar-refractivity contribution is 6.33. The van der Waals surface area contributed by atoms with Gasteiger partial charge in [0.05, 0.1) is 10.6 Å². The Hall–Kier alpha value is -2.33. The van der Waals surface area contributed by atoms with E-state index in [1.807, 2.05) is 31.2 Å². The number of rotatable bonds is 5. The van der Waals surface area contributed by atoms with Crippen LogP contribution in [-0.4, -0.2) is 23.0 Å². The molecule has 4 nitrogen and oxygen atoms in total. The van der Waals surface area contributed by atoms with Crippen LogP contribution in [0.3, 0.4) is 0 Å². The summed E-state index contributed by atoms with van der Waals surface area (Å²) in [5.41, 5.74) is 2.13. The SMILES string of the molecule is Cc1ccccc1C[C@@H](NC(=O)c1ccccc1Cl)C(=O)O. The molecule has 2 aromatic carbocycles. The molecule has 22 heavy (non-hydrogen) atoms. The number of nitrogens with one attached hydrogen (secondary N) is 1.